The molecule has 0 bridgehead atoms. The number of rotatable bonds is 4. The van der Waals surface area contributed by atoms with Crippen molar-refractivity contribution in [3.8, 4) is 5.75 Å². The number of carboxylic acids is 1. The summed E-state index contributed by atoms with van der Waals surface area (Å²) in [4.78, 5) is 10.9. The minimum absolute atomic E-state index is 0.0411. The van der Waals surface area contributed by atoms with E-state index in [1.54, 1.807) is 6.07 Å². The van der Waals surface area contributed by atoms with Crippen molar-refractivity contribution < 1.29 is 15.0 Å². The SMILES string of the molecule is O=C(O)c1cc(CCc2ccccc2)ccc1O. The van der Waals surface area contributed by atoms with Gasteiger partial charge in [-0.15, -0.1) is 0 Å². The van der Waals surface area contributed by atoms with Gasteiger partial charge in [0.2, 0.25) is 0 Å². The molecule has 2 aromatic carbocycles. The van der Waals surface area contributed by atoms with Crippen LogP contribution in [0.3, 0.4) is 0 Å². The smallest absolute Gasteiger partial charge is 0.339 e. The van der Waals surface area contributed by atoms with Crippen LogP contribution in [-0.4, -0.2) is 16.2 Å². The Morgan fingerprint density at radius 2 is 1.61 bits per heavy atom. The van der Waals surface area contributed by atoms with Gasteiger partial charge in [-0.25, -0.2) is 4.79 Å². The van der Waals surface area contributed by atoms with Crippen molar-refractivity contribution in [2.75, 3.05) is 0 Å². The summed E-state index contributed by atoms with van der Waals surface area (Å²) in [5.74, 6) is -1.29. The first-order valence-corrected chi connectivity index (χ1v) is 5.76. The molecule has 0 aliphatic rings. The lowest BCUT2D eigenvalue weighted by molar-refractivity contribution is 0.0693. The second-order valence-electron chi connectivity index (χ2n) is 4.14. The standard InChI is InChI=1S/C15H14O3/c16-14-9-8-12(10-13(14)15(17)18)7-6-11-4-2-1-3-5-11/h1-5,8-10,16H,6-7H2,(H,17,18). The summed E-state index contributed by atoms with van der Waals surface area (Å²) in [6.07, 6.45) is 1.61. The predicted octanol–water partition coefficient (Wildman–Crippen LogP) is 2.88. The zero-order valence-electron chi connectivity index (χ0n) is 9.84. The lowest BCUT2D eigenvalue weighted by Gasteiger charge is -2.05. The molecule has 0 radical (unpaired) electrons. The third-order valence-corrected chi connectivity index (χ3v) is 2.84. The van der Waals surface area contributed by atoms with E-state index in [1.807, 2.05) is 30.3 Å². The first-order chi connectivity index (χ1) is 8.66. The number of carboxylic acid groups (broad SMARTS) is 1. The van der Waals surface area contributed by atoms with E-state index in [9.17, 15) is 9.90 Å². The quantitative estimate of drug-likeness (QED) is 0.866. The van der Waals surface area contributed by atoms with E-state index in [4.69, 9.17) is 5.11 Å². The van der Waals surface area contributed by atoms with Crippen LogP contribution in [0.25, 0.3) is 0 Å². The number of hydrogen-bond donors (Lipinski definition) is 2. The summed E-state index contributed by atoms with van der Waals surface area (Å²) < 4.78 is 0. The van der Waals surface area contributed by atoms with Crippen molar-refractivity contribution in [2.24, 2.45) is 0 Å². The number of benzene rings is 2. The van der Waals surface area contributed by atoms with E-state index < -0.39 is 5.97 Å². The minimum atomic E-state index is -1.10. The van der Waals surface area contributed by atoms with Gasteiger partial charge < -0.3 is 10.2 Å². The molecule has 0 aromatic heterocycles. The van der Waals surface area contributed by atoms with Gasteiger partial charge in [0.25, 0.3) is 0 Å². The highest BCUT2D eigenvalue weighted by molar-refractivity contribution is 5.90. The maximum absolute atomic E-state index is 10.9. The molecule has 0 saturated heterocycles. The van der Waals surface area contributed by atoms with Crippen molar-refractivity contribution in [2.45, 2.75) is 12.8 Å². The summed E-state index contributed by atoms with van der Waals surface area (Å²) in [5, 5.41) is 18.3. The van der Waals surface area contributed by atoms with Crippen LogP contribution in [0, 0.1) is 0 Å². The second kappa shape index (κ2) is 5.36. The van der Waals surface area contributed by atoms with Crippen LogP contribution in [0.1, 0.15) is 21.5 Å². The van der Waals surface area contributed by atoms with E-state index >= 15 is 0 Å². The molecule has 0 aliphatic carbocycles. The van der Waals surface area contributed by atoms with Gasteiger partial charge in [-0.2, -0.15) is 0 Å². The van der Waals surface area contributed by atoms with Gasteiger partial charge in [0.1, 0.15) is 11.3 Å². The van der Waals surface area contributed by atoms with E-state index in [2.05, 4.69) is 0 Å². The molecule has 0 aliphatic heterocycles. The van der Waals surface area contributed by atoms with Gasteiger partial charge in [-0.05, 0) is 36.1 Å². The molecule has 0 saturated carbocycles. The van der Waals surface area contributed by atoms with E-state index in [0.717, 1.165) is 18.4 Å². The Balaban J connectivity index is 2.11. The van der Waals surface area contributed by atoms with Crippen molar-refractivity contribution in [1.82, 2.24) is 0 Å². The molecule has 0 spiro atoms. The summed E-state index contributed by atoms with van der Waals surface area (Å²) >= 11 is 0. The maximum atomic E-state index is 10.9. The van der Waals surface area contributed by atoms with Gasteiger partial charge in [0, 0.05) is 0 Å². The fraction of sp³-hybridized carbons (Fsp3) is 0.133. The van der Waals surface area contributed by atoms with Crippen LogP contribution in [0.15, 0.2) is 48.5 Å². The molecule has 0 heterocycles. The monoisotopic (exact) mass is 242 g/mol. The normalized spacial score (nSPS) is 10.2. The highest BCUT2D eigenvalue weighted by Crippen LogP contribution is 2.19. The van der Waals surface area contributed by atoms with Gasteiger partial charge in [0.05, 0.1) is 0 Å². The van der Waals surface area contributed by atoms with Gasteiger partial charge in [0.15, 0.2) is 0 Å². The van der Waals surface area contributed by atoms with Crippen molar-refractivity contribution in [3.05, 3.63) is 65.2 Å². The second-order valence-corrected chi connectivity index (χ2v) is 4.14. The Kier molecular flexibility index (Phi) is 3.63. The molecule has 2 N–H and O–H groups in total. The molecule has 2 rings (SSSR count). The number of hydrogen-bond acceptors (Lipinski definition) is 2. The van der Waals surface area contributed by atoms with Crippen LogP contribution in [0.4, 0.5) is 0 Å². The molecule has 92 valence electrons. The number of carbonyl (C=O) groups is 1. The zero-order valence-corrected chi connectivity index (χ0v) is 9.84. The molecule has 3 heteroatoms. The molecule has 0 amide bonds. The third kappa shape index (κ3) is 2.88. The van der Waals surface area contributed by atoms with Gasteiger partial charge in [-0.1, -0.05) is 36.4 Å². The fourth-order valence-electron chi connectivity index (χ4n) is 1.84. The molecule has 0 atom stereocenters. The Labute approximate surface area is 105 Å². The molecule has 3 nitrogen and oxygen atoms in total. The number of phenols is 1. The highest BCUT2D eigenvalue weighted by Gasteiger charge is 2.09. The lowest BCUT2D eigenvalue weighted by atomic mass is 10.0. The Bertz CT molecular complexity index is 547. The van der Waals surface area contributed by atoms with Crippen molar-refractivity contribution in [3.63, 3.8) is 0 Å². The average Bonchev–Trinajstić information content (AvgIpc) is 2.38. The van der Waals surface area contributed by atoms with Crippen LogP contribution >= 0.6 is 0 Å². The van der Waals surface area contributed by atoms with Gasteiger partial charge in [-0.3, -0.25) is 0 Å². The van der Waals surface area contributed by atoms with E-state index in [0.29, 0.717) is 0 Å². The summed E-state index contributed by atoms with van der Waals surface area (Å²) in [5.41, 5.74) is 2.08. The van der Waals surface area contributed by atoms with Crippen LogP contribution < -0.4 is 0 Å². The van der Waals surface area contributed by atoms with E-state index in [1.165, 1.54) is 17.7 Å². The number of aryl methyl sites for hydroxylation is 2. The summed E-state index contributed by atoms with van der Waals surface area (Å²) in [6, 6.07) is 14.7. The van der Waals surface area contributed by atoms with Crippen LogP contribution in [0.2, 0.25) is 0 Å². The Morgan fingerprint density at radius 3 is 2.28 bits per heavy atom. The number of aromatic hydroxyl groups is 1. The molecular formula is C15H14O3. The largest absolute Gasteiger partial charge is 0.507 e. The average molecular weight is 242 g/mol. The first kappa shape index (κ1) is 12.2. The van der Waals surface area contributed by atoms with Crippen molar-refractivity contribution >= 4 is 5.97 Å². The summed E-state index contributed by atoms with van der Waals surface area (Å²) in [6.45, 7) is 0. The molecular weight excluding hydrogens is 228 g/mol. The maximum Gasteiger partial charge on any atom is 0.339 e. The van der Waals surface area contributed by atoms with E-state index in [-0.39, 0.29) is 11.3 Å². The summed E-state index contributed by atoms with van der Waals surface area (Å²) in [7, 11) is 0. The predicted molar refractivity (Wildman–Crippen MR) is 68.9 cm³/mol. The highest BCUT2D eigenvalue weighted by atomic mass is 16.4. The zero-order chi connectivity index (χ0) is 13.0. The van der Waals surface area contributed by atoms with Crippen LogP contribution in [0.5, 0.6) is 5.75 Å². The first-order valence-electron chi connectivity index (χ1n) is 5.76. The molecule has 0 unspecified atom stereocenters. The third-order valence-electron chi connectivity index (χ3n) is 2.84. The molecule has 2 aromatic rings. The lowest BCUT2D eigenvalue weighted by Crippen LogP contribution is -1.99. The van der Waals surface area contributed by atoms with Crippen molar-refractivity contribution in [1.29, 1.82) is 0 Å². The topological polar surface area (TPSA) is 57.5 Å². The Hall–Kier alpha value is -2.29. The Morgan fingerprint density at radius 1 is 0.944 bits per heavy atom. The van der Waals surface area contributed by atoms with Crippen LogP contribution in [-0.2, 0) is 12.8 Å². The molecule has 18 heavy (non-hydrogen) atoms. The van der Waals surface area contributed by atoms with Gasteiger partial charge >= 0.3 is 5.97 Å². The number of aromatic carboxylic acids is 1. The molecule has 0 fully saturated rings. The fourth-order valence-corrected chi connectivity index (χ4v) is 1.84. The minimum Gasteiger partial charge on any atom is -0.507 e.